The van der Waals surface area contributed by atoms with Crippen molar-refractivity contribution in [1.29, 1.82) is 0 Å². The van der Waals surface area contributed by atoms with Crippen LogP contribution in [0.3, 0.4) is 0 Å². The maximum absolute atomic E-state index is 10.7. The SMILES string of the molecule is CCCCCCC/C=C/C(CCCCCCCC)COS(=O)(=O)[O-].[Na+]. The maximum atomic E-state index is 10.7. The van der Waals surface area contributed by atoms with E-state index >= 15 is 0 Å². The molecule has 6 heteroatoms. The van der Waals surface area contributed by atoms with Crippen molar-refractivity contribution in [2.45, 2.75) is 97.3 Å². The standard InChI is InChI=1S/C19H38O4S.Na/c1-3-5-7-9-11-13-15-17-19(18-23-24(20,21)22)16-14-12-10-8-6-4-2;/h15,17,19H,3-14,16,18H2,1-2H3,(H,20,21,22);/q;+1/p-1/b17-15+;. The molecule has 0 aromatic rings. The van der Waals surface area contributed by atoms with Gasteiger partial charge in [0.2, 0.25) is 10.4 Å². The van der Waals surface area contributed by atoms with Crippen LogP contribution in [0.15, 0.2) is 12.2 Å². The summed E-state index contributed by atoms with van der Waals surface area (Å²) in [6.45, 7) is 4.38. The van der Waals surface area contributed by atoms with Gasteiger partial charge in [-0.15, -0.1) is 0 Å². The van der Waals surface area contributed by atoms with Crippen LogP contribution in [0.5, 0.6) is 0 Å². The van der Waals surface area contributed by atoms with Gasteiger partial charge in [0.05, 0.1) is 6.61 Å². The Morgan fingerprint density at radius 1 is 0.880 bits per heavy atom. The van der Waals surface area contributed by atoms with Gasteiger partial charge in [-0.1, -0.05) is 90.2 Å². The second kappa shape index (κ2) is 19.4. The van der Waals surface area contributed by atoms with Gasteiger partial charge in [0.15, 0.2) is 0 Å². The molecular weight excluding hydrogens is 347 g/mol. The second-order valence-corrected chi connectivity index (χ2v) is 7.69. The Morgan fingerprint density at radius 3 is 1.96 bits per heavy atom. The number of rotatable bonds is 17. The van der Waals surface area contributed by atoms with Gasteiger partial charge in [0.25, 0.3) is 0 Å². The van der Waals surface area contributed by atoms with Crippen molar-refractivity contribution in [3.63, 3.8) is 0 Å². The third kappa shape index (κ3) is 22.6. The molecule has 0 fully saturated rings. The molecule has 1 atom stereocenters. The van der Waals surface area contributed by atoms with E-state index < -0.39 is 10.4 Å². The molecule has 4 nitrogen and oxygen atoms in total. The van der Waals surface area contributed by atoms with Crippen molar-refractivity contribution in [3.05, 3.63) is 12.2 Å². The van der Waals surface area contributed by atoms with Crippen LogP contribution in [-0.4, -0.2) is 19.6 Å². The molecule has 0 saturated carbocycles. The summed E-state index contributed by atoms with van der Waals surface area (Å²) in [6.07, 6.45) is 19.5. The number of hydrogen-bond acceptors (Lipinski definition) is 4. The first-order valence-electron chi connectivity index (χ1n) is 9.76. The van der Waals surface area contributed by atoms with E-state index in [-0.39, 0.29) is 42.1 Å². The van der Waals surface area contributed by atoms with Crippen LogP contribution >= 0.6 is 0 Å². The first-order chi connectivity index (χ1) is 11.5. The number of allylic oxidation sites excluding steroid dienone is 1. The Bertz CT molecular complexity index is 396. The Morgan fingerprint density at radius 2 is 1.40 bits per heavy atom. The van der Waals surface area contributed by atoms with Crippen molar-refractivity contribution < 1.29 is 46.7 Å². The van der Waals surface area contributed by atoms with Crippen molar-refractivity contribution in [2.75, 3.05) is 6.61 Å². The molecule has 1 unspecified atom stereocenters. The average Bonchev–Trinajstić information content (AvgIpc) is 2.53. The maximum Gasteiger partial charge on any atom is 1.00 e. The van der Waals surface area contributed by atoms with E-state index in [4.69, 9.17) is 0 Å². The third-order valence-corrected chi connectivity index (χ3v) is 4.66. The van der Waals surface area contributed by atoms with Gasteiger partial charge in [-0.25, -0.2) is 8.42 Å². The van der Waals surface area contributed by atoms with Gasteiger partial charge >= 0.3 is 29.6 Å². The number of unbranched alkanes of at least 4 members (excludes halogenated alkanes) is 10. The van der Waals surface area contributed by atoms with Crippen LogP contribution in [0.4, 0.5) is 0 Å². The molecule has 0 aliphatic carbocycles. The fraction of sp³-hybridized carbons (Fsp3) is 0.895. The Hall–Kier alpha value is 0.610. The van der Waals surface area contributed by atoms with E-state index in [0.29, 0.717) is 0 Å². The molecule has 0 saturated heterocycles. The van der Waals surface area contributed by atoms with Gasteiger partial charge in [-0.05, 0) is 19.3 Å². The largest absolute Gasteiger partial charge is 1.00 e. The van der Waals surface area contributed by atoms with Gasteiger partial charge < -0.3 is 4.55 Å². The van der Waals surface area contributed by atoms with E-state index in [1.807, 2.05) is 6.08 Å². The molecule has 0 aliphatic rings. The predicted molar refractivity (Wildman–Crippen MR) is 99.6 cm³/mol. The molecule has 0 amide bonds. The molecule has 0 heterocycles. The number of hydrogen-bond donors (Lipinski definition) is 0. The fourth-order valence-electron chi connectivity index (χ4n) is 2.75. The third-order valence-electron chi connectivity index (χ3n) is 4.24. The fourth-order valence-corrected chi connectivity index (χ4v) is 3.09. The Balaban J connectivity index is 0. The van der Waals surface area contributed by atoms with Crippen LogP contribution in [0, 0.1) is 5.92 Å². The summed E-state index contributed by atoms with van der Waals surface area (Å²) in [5, 5.41) is 0. The van der Waals surface area contributed by atoms with Crippen LogP contribution in [0.25, 0.3) is 0 Å². The van der Waals surface area contributed by atoms with Crippen molar-refractivity contribution >= 4 is 10.4 Å². The van der Waals surface area contributed by atoms with Crippen LogP contribution in [-0.2, 0) is 14.6 Å². The van der Waals surface area contributed by atoms with E-state index in [1.54, 1.807) is 0 Å². The van der Waals surface area contributed by atoms with E-state index in [2.05, 4.69) is 24.1 Å². The van der Waals surface area contributed by atoms with Crippen LogP contribution < -0.4 is 29.6 Å². The van der Waals surface area contributed by atoms with Gasteiger partial charge in [-0.2, -0.15) is 0 Å². The summed E-state index contributed by atoms with van der Waals surface area (Å²) in [7, 11) is -4.59. The molecule has 0 aromatic heterocycles. The smallest absolute Gasteiger partial charge is 0.726 e. The Labute approximate surface area is 178 Å². The summed E-state index contributed by atoms with van der Waals surface area (Å²) < 4.78 is 36.4. The topological polar surface area (TPSA) is 66.4 Å². The van der Waals surface area contributed by atoms with E-state index in [9.17, 15) is 13.0 Å². The zero-order valence-corrected chi connectivity index (χ0v) is 19.5. The predicted octanol–water partition coefficient (Wildman–Crippen LogP) is 2.75. The zero-order valence-electron chi connectivity index (χ0n) is 16.7. The van der Waals surface area contributed by atoms with E-state index in [1.165, 1.54) is 57.8 Å². The Kier molecular flexibility index (Phi) is 21.6. The first kappa shape index (κ1) is 27.8. The molecule has 0 spiro atoms. The molecule has 0 aromatic carbocycles. The first-order valence-corrected chi connectivity index (χ1v) is 11.1. The molecule has 0 bridgehead atoms. The molecule has 0 rings (SSSR count). The van der Waals surface area contributed by atoms with Crippen molar-refractivity contribution in [1.82, 2.24) is 0 Å². The van der Waals surface area contributed by atoms with Gasteiger partial charge in [-0.3, -0.25) is 4.18 Å². The quantitative estimate of drug-likeness (QED) is 0.127. The summed E-state index contributed by atoms with van der Waals surface area (Å²) in [5.74, 6) is 0.0236. The molecule has 0 aliphatic heterocycles. The molecule has 25 heavy (non-hydrogen) atoms. The van der Waals surface area contributed by atoms with Crippen molar-refractivity contribution in [3.8, 4) is 0 Å². The van der Waals surface area contributed by atoms with E-state index in [0.717, 1.165) is 25.7 Å². The normalized spacial score (nSPS) is 13.1. The van der Waals surface area contributed by atoms with Crippen LogP contribution in [0.2, 0.25) is 0 Å². The van der Waals surface area contributed by atoms with Gasteiger partial charge in [0, 0.05) is 5.92 Å². The minimum Gasteiger partial charge on any atom is -0.726 e. The van der Waals surface area contributed by atoms with Crippen molar-refractivity contribution in [2.24, 2.45) is 5.92 Å². The summed E-state index contributed by atoms with van der Waals surface area (Å²) in [5.41, 5.74) is 0. The minimum atomic E-state index is -4.59. The average molecular weight is 385 g/mol. The second-order valence-electron chi connectivity index (χ2n) is 6.64. The zero-order chi connectivity index (χ0) is 18.1. The molecular formula is C19H37NaO4S. The minimum absolute atomic E-state index is 0. The molecule has 144 valence electrons. The van der Waals surface area contributed by atoms with Gasteiger partial charge in [0.1, 0.15) is 0 Å². The summed E-state index contributed by atoms with van der Waals surface area (Å²) in [6, 6.07) is 0. The molecule has 0 N–H and O–H groups in total. The molecule has 0 radical (unpaired) electrons. The summed E-state index contributed by atoms with van der Waals surface area (Å²) >= 11 is 0. The summed E-state index contributed by atoms with van der Waals surface area (Å²) in [4.78, 5) is 0. The monoisotopic (exact) mass is 384 g/mol. The van der Waals surface area contributed by atoms with Crippen LogP contribution in [0.1, 0.15) is 97.3 Å².